The Morgan fingerprint density at radius 3 is 2.69 bits per heavy atom. The maximum absolute atomic E-state index is 9.92. The predicted molar refractivity (Wildman–Crippen MR) is 120 cm³/mol. The number of anilines is 1. The van der Waals surface area contributed by atoms with Crippen LogP contribution in [0.4, 0.5) is 5.82 Å². The van der Waals surface area contributed by atoms with Crippen molar-refractivity contribution in [2.45, 2.75) is 48.6 Å². The lowest BCUT2D eigenvalue weighted by molar-refractivity contribution is 0.275. The molecule has 3 aromatic rings. The first-order valence-corrected chi connectivity index (χ1v) is 11.1. The fourth-order valence-corrected chi connectivity index (χ4v) is 5.19. The molecule has 0 saturated carbocycles. The summed E-state index contributed by atoms with van der Waals surface area (Å²) in [6.45, 7) is 5.85. The number of pyridine rings is 1. The van der Waals surface area contributed by atoms with Gasteiger partial charge in [0.2, 0.25) is 0 Å². The zero-order valence-electron chi connectivity index (χ0n) is 16.5. The first-order chi connectivity index (χ1) is 13.8. The Labute approximate surface area is 184 Å². The van der Waals surface area contributed by atoms with Crippen molar-refractivity contribution >= 4 is 46.4 Å². The van der Waals surface area contributed by atoms with E-state index < -0.39 is 0 Å². The smallest absolute Gasteiger partial charge is 0.152 e. The summed E-state index contributed by atoms with van der Waals surface area (Å²) in [6, 6.07) is 7.78. The number of aliphatic hydroxyl groups is 1. The molecule has 1 aromatic carbocycles. The normalized spacial score (nSPS) is 16.6. The number of aliphatic hydroxyl groups excluding tert-OH is 1. The van der Waals surface area contributed by atoms with E-state index in [-0.39, 0.29) is 12.1 Å². The molecule has 154 valence electrons. The van der Waals surface area contributed by atoms with E-state index in [4.69, 9.17) is 28.9 Å². The van der Waals surface area contributed by atoms with Crippen molar-refractivity contribution in [3.63, 3.8) is 0 Å². The van der Waals surface area contributed by atoms with Crippen molar-refractivity contribution in [2.75, 3.05) is 18.0 Å². The highest BCUT2D eigenvalue weighted by Gasteiger charge is 2.28. The lowest BCUT2D eigenvalue weighted by atomic mass is 9.91. The van der Waals surface area contributed by atoms with Crippen LogP contribution in [0.25, 0.3) is 5.65 Å². The number of hydrogen-bond acceptors (Lipinski definition) is 5. The van der Waals surface area contributed by atoms with Crippen LogP contribution >= 0.6 is 35.0 Å². The second-order valence-corrected chi connectivity index (χ2v) is 9.71. The number of aromatic nitrogens is 2. The van der Waals surface area contributed by atoms with E-state index in [9.17, 15) is 5.11 Å². The molecule has 1 aliphatic rings. The summed E-state index contributed by atoms with van der Waals surface area (Å²) in [7, 11) is 0. The summed E-state index contributed by atoms with van der Waals surface area (Å²) in [6.07, 6.45) is 3.58. The molecule has 3 N–H and O–H groups in total. The average molecular weight is 451 g/mol. The van der Waals surface area contributed by atoms with Crippen LogP contribution < -0.4 is 10.6 Å². The number of piperidine rings is 1. The molecule has 3 heterocycles. The Bertz CT molecular complexity index is 1060. The van der Waals surface area contributed by atoms with Crippen LogP contribution in [0.3, 0.4) is 0 Å². The van der Waals surface area contributed by atoms with Crippen LogP contribution in [0.1, 0.15) is 31.0 Å². The fraction of sp³-hybridized carbons (Fsp3) is 0.381. The van der Waals surface area contributed by atoms with Crippen molar-refractivity contribution < 1.29 is 5.11 Å². The average Bonchev–Trinajstić information content (AvgIpc) is 3.11. The van der Waals surface area contributed by atoms with E-state index in [0.717, 1.165) is 58.4 Å². The minimum absolute atomic E-state index is 0.0816. The van der Waals surface area contributed by atoms with Crippen molar-refractivity contribution in [1.82, 2.24) is 9.38 Å². The number of benzene rings is 1. The van der Waals surface area contributed by atoms with Crippen molar-refractivity contribution in [1.29, 1.82) is 0 Å². The molecule has 0 bridgehead atoms. The first kappa shape index (κ1) is 20.8. The second-order valence-electron chi connectivity index (χ2n) is 7.88. The van der Waals surface area contributed by atoms with Gasteiger partial charge in [0.05, 0.1) is 33.4 Å². The van der Waals surface area contributed by atoms with Crippen molar-refractivity contribution in [3.8, 4) is 0 Å². The summed E-state index contributed by atoms with van der Waals surface area (Å²) < 4.78 is 2.05. The third kappa shape index (κ3) is 3.97. The lowest BCUT2D eigenvalue weighted by Crippen LogP contribution is -2.48. The van der Waals surface area contributed by atoms with Crippen molar-refractivity contribution in [3.05, 3.63) is 51.8 Å². The molecule has 8 heteroatoms. The number of fused-ring (bicyclic) bond motifs is 1. The zero-order valence-corrected chi connectivity index (χ0v) is 18.8. The van der Waals surface area contributed by atoms with E-state index in [1.54, 1.807) is 24.0 Å². The molecule has 5 nitrogen and oxygen atoms in total. The molecule has 29 heavy (non-hydrogen) atoms. The Balaban J connectivity index is 1.81. The molecule has 0 atom stereocenters. The topological polar surface area (TPSA) is 66.8 Å². The summed E-state index contributed by atoms with van der Waals surface area (Å²) >= 11 is 14.2. The summed E-state index contributed by atoms with van der Waals surface area (Å²) in [5, 5.41) is 11.0. The van der Waals surface area contributed by atoms with Crippen LogP contribution in [0.2, 0.25) is 10.0 Å². The van der Waals surface area contributed by atoms with E-state index >= 15 is 0 Å². The third-order valence-corrected chi connectivity index (χ3v) is 7.69. The van der Waals surface area contributed by atoms with E-state index in [0.29, 0.717) is 10.0 Å². The molecule has 0 spiro atoms. The van der Waals surface area contributed by atoms with Crippen LogP contribution in [-0.4, -0.2) is 33.1 Å². The molecular formula is C21H24Cl2N4OS. The molecule has 0 aliphatic carbocycles. The highest BCUT2D eigenvalue weighted by atomic mass is 35.5. The summed E-state index contributed by atoms with van der Waals surface area (Å²) in [5.74, 6) is 1.04. The first-order valence-electron chi connectivity index (χ1n) is 9.57. The maximum Gasteiger partial charge on any atom is 0.152 e. The zero-order chi connectivity index (χ0) is 20.8. The largest absolute Gasteiger partial charge is 0.390 e. The third-order valence-electron chi connectivity index (χ3n) is 5.49. The predicted octanol–water partition coefficient (Wildman–Crippen LogP) is 4.91. The number of nitrogens with two attached hydrogens (primary N) is 1. The van der Waals surface area contributed by atoms with Gasteiger partial charge in [-0.15, -0.1) is 0 Å². The summed E-state index contributed by atoms with van der Waals surface area (Å²) in [5.41, 5.74) is 8.87. The molecule has 1 saturated heterocycles. The lowest BCUT2D eigenvalue weighted by Gasteiger charge is -2.38. The molecule has 0 amide bonds. The Hall–Kier alpha value is -1.44. The van der Waals surface area contributed by atoms with Gasteiger partial charge in [-0.05, 0) is 50.5 Å². The van der Waals surface area contributed by atoms with Gasteiger partial charge < -0.3 is 15.7 Å². The van der Waals surface area contributed by atoms with Gasteiger partial charge >= 0.3 is 0 Å². The van der Waals surface area contributed by atoms with Crippen LogP contribution in [0.5, 0.6) is 0 Å². The molecule has 0 unspecified atom stereocenters. The summed E-state index contributed by atoms with van der Waals surface area (Å²) in [4.78, 5) is 8.84. The van der Waals surface area contributed by atoms with Gasteiger partial charge in [-0.3, -0.25) is 4.40 Å². The number of halogens is 2. The molecule has 2 aromatic heterocycles. The van der Waals surface area contributed by atoms with E-state index in [1.807, 2.05) is 16.5 Å². The Kier molecular flexibility index (Phi) is 5.75. The Morgan fingerprint density at radius 2 is 2.00 bits per heavy atom. The number of hydrogen-bond donors (Lipinski definition) is 2. The SMILES string of the molecule is Cc1cc(N2CCC(C)(N)CC2)n2c(CO)cnc2c1Sc1cccc(Cl)c1Cl. The fourth-order valence-electron chi connectivity index (χ4n) is 3.69. The van der Waals surface area contributed by atoms with Gasteiger partial charge in [0, 0.05) is 23.5 Å². The minimum Gasteiger partial charge on any atom is -0.390 e. The number of aryl methyl sites for hydroxylation is 1. The minimum atomic E-state index is -0.126. The number of imidazole rings is 1. The van der Waals surface area contributed by atoms with Gasteiger partial charge in [0.25, 0.3) is 0 Å². The van der Waals surface area contributed by atoms with Gasteiger partial charge in [-0.1, -0.05) is 41.0 Å². The number of nitrogens with zero attached hydrogens (tertiary/aromatic N) is 3. The molecule has 4 rings (SSSR count). The van der Waals surface area contributed by atoms with Gasteiger partial charge in [-0.2, -0.15) is 0 Å². The maximum atomic E-state index is 9.92. The van der Waals surface area contributed by atoms with Crippen LogP contribution in [0, 0.1) is 6.92 Å². The monoisotopic (exact) mass is 450 g/mol. The van der Waals surface area contributed by atoms with E-state index in [1.165, 1.54) is 0 Å². The standard InChI is InChI=1S/C21H24Cl2N4OS/c1-13-10-17(26-8-6-21(2,24)7-9-26)27-14(12-28)11-25-20(27)19(13)29-16-5-3-4-15(22)18(16)23/h3-5,10-11,28H,6-9,12,24H2,1-2H3. The second kappa shape index (κ2) is 8.00. The van der Waals surface area contributed by atoms with Crippen LogP contribution in [0.15, 0.2) is 40.3 Å². The van der Waals surface area contributed by atoms with Gasteiger partial charge in [0.15, 0.2) is 5.65 Å². The molecule has 0 radical (unpaired) electrons. The molecule has 1 aliphatic heterocycles. The molecular weight excluding hydrogens is 427 g/mol. The highest BCUT2D eigenvalue weighted by Crippen LogP contribution is 2.41. The molecule has 1 fully saturated rings. The Morgan fingerprint density at radius 1 is 1.28 bits per heavy atom. The van der Waals surface area contributed by atoms with Gasteiger partial charge in [0.1, 0.15) is 5.82 Å². The highest BCUT2D eigenvalue weighted by molar-refractivity contribution is 7.99. The van der Waals surface area contributed by atoms with Crippen LogP contribution in [-0.2, 0) is 6.61 Å². The van der Waals surface area contributed by atoms with Gasteiger partial charge in [-0.25, -0.2) is 4.98 Å². The number of rotatable bonds is 4. The van der Waals surface area contributed by atoms with Crippen molar-refractivity contribution in [2.24, 2.45) is 5.73 Å². The quantitative estimate of drug-likeness (QED) is 0.590. The van der Waals surface area contributed by atoms with E-state index in [2.05, 4.69) is 29.8 Å².